The molecule has 0 radical (unpaired) electrons. The van der Waals surface area contributed by atoms with E-state index < -0.39 is 0 Å². The number of hydrogen-bond donors (Lipinski definition) is 0. The maximum absolute atomic E-state index is 6.12. The highest BCUT2D eigenvalue weighted by Crippen LogP contribution is 2.25. The van der Waals surface area contributed by atoms with Gasteiger partial charge in [-0.1, -0.05) is 40.9 Å². The third-order valence-electron chi connectivity index (χ3n) is 3.39. The maximum atomic E-state index is 6.12. The van der Waals surface area contributed by atoms with Gasteiger partial charge in [0.05, 0.1) is 15.7 Å². The van der Waals surface area contributed by atoms with Crippen LogP contribution < -0.4 is 0 Å². The summed E-state index contributed by atoms with van der Waals surface area (Å²) in [5, 5.41) is 9.74. The first kappa shape index (κ1) is 14.6. The molecule has 0 saturated carbocycles. The van der Waals surface area contributed by atoms with E-state index in [4.69, 9.17) is 34.8 Å². The van der Waals surface area contributed by atoms with E-state index in [1.807, 2.05) is 30.4 Å². The highest BCUT2D eigenvalue weighted by molar-refractivity contribution is 6.42. The Morgan fingerprint density at radius 3 is 2.52 bits per heavy atom. The van der Waals surface area contributed by atoms with Crippen molar-refractivity contribution in [3.8, 4) is 0 Å². The van der Waals surface area contributed by atoms with Crippen LogP contribution in [0.1, 0.15) is 22.8 Å². The van der Waals surface area contributed by atoms with E-state index in [0.717, 1.165) is 22.8 Å². The van der Waals surface area contributed by atoms with Crippen molar-refractivity contribution in [2.45, 2.75) is 20.3 Å². The first-order chi connectivity index (χ1) is 9.97. The maximum Gasteiger partial charge on any atom is 0.198 e. The highest BCUT2D eigenvalue weighted by atomic mass is 35.5. The van der Waals surface area contributed by atoms with E-state index in [1.165, 1.54) is 0 Å². The van der Waals surface area contributed by atoms with Crippen molar-refractivity contribution in [2.24, 2.45) is 0 Å². The predicted molar refractivity (Wildman–Crippen MR) is 84.5 cm³/mol. The lowest BCUT2D eigenvalue weighted by molar-refractivity contribution is 0.896. The summed E-state index contributed by atoms with van der Waals surface area (Å²) in [6, 6.07) is 5.52. The Morgan fingerprint density at radius 2 is 1.81 bits per heavy atom. The number of fused-ring (bicyclic) bond motifs is 1. The van der Waals surface area contributed by atoms with Crippen molar-refractivity contribution in [3.63, 3.8) is 0 Å². The number of benzene rings is 1. The quantitative estimate of drug-likeness (QED) is 0.698. The molecule has 0 spiro atoms. The van der Waals surface area contributed by atoms with Crippen LogP contribution in [-0.2, 0) is 6.42 Å². The minimum atomic E-state index is 0.353. The molecule has 3 aromatic rings. The van der Waals surface area contributed by atoms with E-state index in [2.05, 4.69) is 15.2 Å². The van der Waals surface area contributed by atoms with Gasteiger partial charge in [-0.05, 0) is 31.5 Å². The number of aryl methyl sites for hydroxylation is 2. The molecule has 21 heavy (non-hydrogen) atoms. The molecule has 0 amide bonds. The molecule has 0 aliphatic rings. The average molecular weight is 342 g/mol. The van der Waals surface area contributed by atoms with Crippen molar-refractivity contribution in [1.82, 2.24) is 19.6 Å². The van der Waals surface area contributed by atoms with Crippen LogP contribution in [-0.4, -0.2) is 19.6 Å². The Morgan fingerprint density at radius 1 is 1.05 bits per heavy atom. The van der Waals surface area contributed by atoms with Crippen LogP contribution in [0.25, 0.3) is 5.65 Å². The van der Waals surface area contributed by atoms with Gasteiger partial charge in [0.15, 0.2) is 10.8 Å². The molecule has 2 aromatic heterocycles. The summed E-state index contributed by atoms with van der Waals surface area (Å²) in [7, 11) is 0. The number of aromatic nitrogens is 4. The highest BCUT2D eigenvalue weighted by Gasteiger charge is 2.14. The van der Waals surface area contributed by atoms with E-state index >= 15 is 0 Å². The van der Waals surface area contributed by atoms with Crippen LogP contribution in [0.15, 0.2) is 18.2 Å². The second-order valence-electron chi connectivity index (χ2n) is 4.77. The Bertz CT molecular complexity index is 842. The largest absolute Gasteiger partial charge is 0.279 e. The van der Waals surface area contributed by atoms with E-state index in [0.29, 0.717) is 27.3 Å². The second kappa shape index (κ2) is 5.44. The fraction of sp³-hybridized carbons (Fsp3) is 0.214. The third-order valence-corrected chi connectivity index (χ3v) is 4.38. The summed E-state index contributed by atoms with van der Waals surface area (Å²) in [6.45, 7) is 3.87. The second-order valence-corrected chi connectivity index (χ2v) is 5.95. The molecular formula is C14H11Cl3N4. The zero-order chi connectivity index (χ0) is 15.1. The van der Waals surface area contributed by atoms with Crippen LogP contribution in [0, 0.1) is 13.8 Å². The van der Waals surface area contributed by atoms with Crippen molar-refractivity contribution in [3.05, 3.63) is 56.2 Å². The van der Waals surface area contributed by atoms with Gasteiger partial charge in [0.2, 0.25) is 0 Å². The van der Waals surface area contributed by atoms with Gasteiger partial charge in [-0.3, -0.25) is 4.40 Å². The standard InChI is InChI=1S/C14H11Cl3N4/c1-7-8(2)21-12(19-20-14(21)13(17)18-7)6-9-3-4-10(15)11(16)5-9/h3-5H,6H2,1-2H3. The monoisotopic (exact) mass is 340 g/mol. The number of hydrogen-bond acceptors (Lipinski definition) is 3. The summed E-state index contributed by atoms with van der Waals surface area (Å²) >= 11 is 18.1. The van der Waals surface area contributed by atoms with Crippen molar-refractivity contribution in [1.29, 1.82) is 0 Å². The molecule has 1 aromatic carbocycles. The first-order valence-corrected chi connectivity index (χ1v) is 7.41. The van der Waals surface area contributed by atoms with Crippen molar-refractivity contribution in [2.75, 3.05) is 0 Å². The fourth-order valence-electron chi connectivity index (χ4n) is 2.19. The summed E-state index contributed by atoms with van der Waals surface area (Å²) in [5.74, 6) is 0.785. The molecule has 0 aliphatic carbocycles. The molecule has 0 bridgehead atoms. The lowest BCUT2D eigenvalue weighted by Gasteiger charge is -2.07. The molecular weight excluding hydrogens is 331 g/mol. The summed E-state index contributed by atoms with van der Waals surface area (Å²) < 4.78 is 1.92. The smallest absolute Gasteiger partial charge is 0.198 e. The van der Waals surface area contributed by atoms with E-state index in [9.17, 15) is 0 Å². The lowest BCUT2D eigenvalue weighted by atomic mass is 10.1. The Balaban J connectivity index is 2.11. The molecule has 2 heterocycles. The Labute approximate surface area is 136 Å². The van der Waals surface area contributed by atoms with E-state index in [1.54, 1.807) is 6.07 Å². The molecule has 7 heteroatoms. The number of halogens is 3. The van der Waals surface area contributed by atoms with E-state index in [-0.39, 0.29) is 0 Å². The SMILES string of the molecule is Cc1nc(Cl)c2nnc(Cc3ccc(Cl)c(Cl)c3)n2c1C. The van der Waals surface area contributed by atoms with Gasteiger partial charge >= 0.3 is 0 Å². The Kier molecular flexibility index (Phi) is 3.78. The van der Waals surface area contributed by atoms with Gasteiger partial charge in [0.1, 0.15) is 5.82 Å². The van der Waals surface area contributed by atoms with Crippen LogP contribution in [0.2, 0.25) is 15.2 Å². The normalized spacial score (nSPS) is 11.3. The van der Waals surface area contributed by atoms with Gasteiger partial charge in [-0.25, -0.2) is 4.98 Å². The van der Waals surface area contributed by atoms with Gasteiger partial charge in [-0.2, -0.15) is 0 Å². The molecule has 0 N–H and O–H groups in total. The van der Waals surface area contributed by atoms with Gasteiger partial charge in [-0.15, -0.1) is 10.2 Å². The number of rotatable bonds is 2. The Hall–Kier alpha value is -1.36. The van der Waals surface area contributed by atoms with Gasteiger partial charge in [0.25, 0.3) is 0 Å². The van der Waals surface area contributed by atoms with Crippen molar-refractivity contribution >= 4 is 40.4 Å². The molecule has 0 saturated heterocycles. The third kappa shape index (κ3) is 2.59. The zero-order valence-electron chi connectivity index (χ0n) is 11.4. The average Bonchev–Trinajstić information content (AvgIpc) is 2.85. The van der Waals surface area contributed by atoms with Gasteiger partial charge < -0.3 is 0 Å². The van der Waals surface area contributed by atoms with Crippen LogP contribution in [0.5, 0.6) is 0 Å². The predicted octanol–water partition coefficient (Wildman–Crippen LogP) is 4.29. The minimum absolute atomic E-state index is 0.353. The zero-order valence-corrected chi connectivity index (χ0v) is 13.6. The lowest BCUT2D eigenvalue weighted by Crippen LogP contribution is -2.04. The van der Waals surface area contributed by atoms with Gasteiger partial charge in [0, 0.05) is 12.1 Å². The van der Waals surface area contributed by atoms with Crippen LogP contribution in [0.4, 0.5) is 0 Å². The molecule has 4 nitrogen and oxygen atoms in total. The minimum Gasteiger partial charge on any atom is -0.279 e. The molecule has 3 rings (SSSR count). The van der Waals surface area contributed by atoms with Crippen LogP contribution in [0.3, 0.4) is 0 Å². The molecule has 108 valence electrons. The summed E-state index contributed by atoms with van der Waals surface area (Å²) in [5.41, 5.74) is 3.38. The molecule has 0 unspecified atom stereocenters. The molecule has 0 aliphatic heterocycles. The topological polar surface area (TPSA) is 43.1 Å². The summed E-state index contributed by atoms with van der Waals surface area (Å²) in [4.78, 5) is 4.25. The fourth-order valence-corrected chi connectivity index (χ4v) is 2.76. The molecule has 0 atom stereocenters. The summed E-state index contributed by atoms with van der Waals surface area (Å²) in [6.07, 6.45) is 0.582. The number of nitrogens with zero attached hydrogens (tertiary/aromatic N) is 4. The first-order valence-electron chi connectivity index (χ1n) is 6.28. The molecule has 0 fully saturated rings. The van der Waals surface area contributed by atoms with Crippen molar-refractivity contribution < 1.29 is 0 Å². The van der Waals surface area contributed by atoms with Crippen LogP contribution >= 0.6 is 34.8 Å².